The van der Waals surface area contributed by atoms with Gasteiger partial charge in [-0.05, 0) is 165 Å². The summed E-state index contributed by atoms with van der Waals surface area (Å²) < 4.78 is 130. The van der Waals surface area contributed by atoms with E-state index in [1.807, 2.05) is 32.7 Å². The monoisotopic (exact) mass is 1950 g/mol. The van der Waals surface area contributed by atoms with Crippen molar-refractivity contribution in [2.45, 2.75) is 283 Å². The molecule has 6 fully saturated rings. The number of carbonyl (C=O) groups excluding carboxylic acids is 9. The molecule has 6 aliphatic heterocycles. The van der Waals surface area contributed by atoms with Crippen molar-refractivity contribution in [1.82, 2.24) is 45.6 Å². The first-order valence-corrected chi connectivity index (χ1v) is 44.3. The van der Waals surface area contributed by atoms with E-state index in [0.717, 1.165) is 0 Å². The van der Waals surface area contributed by atoms with Gasteiger partial charge >= 0.3 is 18.3 Å². The van der Waals surface area contributed by atoms with Crippen LogP contribution in [-0.4, -0.2) is 177 Å². The summed E-state index contributed by atoms with van der Waals surface area (Å²) in [4.78, 5) is 134. The van der Waals surface area contributed by atoms with Crippen LogP contribution < -0.4 is 30.2 Å². The molecule has 128 heavy (non-hydrogen) atoms. The van der Waals surface area contributed by atoms with Gasteiger partial charge in [0.15, 0.2) is 0 Å². The molecule has 9 aliphatic rings. The molecule has 3 saturated heterocycles. The number of fused-ring (bicyclic) bond motifs is 15. The number of nitrogens with one attached hydrogen (secondary N) is 3. The average Bonchev–Trinajstić information content (AvgIpc) is 1.69. The van der Waals surface area contributed by atoms with Gasteiger partial charge in [-0.25, -0.2) is 74.5 Å². The summed E-state index contributed by atoms with van der Waals surface area (Å²) in [6.07, 6.45) is 6.00. The number of alkyl carbamates (subject to hydrolysis) is 3. The molecule has 0 spiro atoms. The van der Waals surface area contributed by atoms with E-state index in [-0.39, 0.29) is 159 Å². The van der Waals surface area contributed by atoms with Crippen LogP contribution in [0, 0.1) is 51.8 Å². The second-order valence-electron chi connectivity index (χ2n) is 38.6. The van der Waals surface area contributed by atoms with Crippen LogP contribution in [0.5, 0.6) is 17.6 Å². The second kappa shape index (κ2) is 40.7. The Kier molecular flexibility index (Phi) is 32.7. The van der Waals surface area contributed by atoms with Crippen LogP contribution in [0.4, 0.5) is 40.7 Å². The predicted molar refractivity (Wildman–Crippen MR) is 455 cm³/mol. The van der Waals surface area contributed by atoms with E-state index in [4.69, 9.17) is 63.2 Å². The maximum Gasteiger partial charge on any atom is 0.408 e. The molecule has 6 bridgehead atoms. The minimum Gasteiger partial charge on any atom is -0.540 e. The average molecular weight is 1950 g/mol. The Morgan fingerprint density at radius 2 is 0.766 bits per heavy atom. The molecular formula is C92H109Cl3F6N9O15V3-3. The fourth-order valence-electron chi connectivity index (χ4n) is 18.1. The molecule has 36 heteroatoms. The number of amides is 6. The van der Waals surface area contributed by atoms with Crippen molar-refractivity contribution in [1.29, 1.82) is 0 Å². The van der Waals surface area contributed by atoms with Gasteiger partial charge in [0, 0.05) is 112 Å². The number of halogens is 9. The molecule has 3 aromatic carbocycles. The number of nitrogens with zero attached hydrogens (tertiary/aromatic N) is 6. The van der Waals surface area contributed by atoms with Crippen LogP contribution in [0.3, 0.4) is 0 Å². The predicted octanol–water partition coefficient (Wildman–Crippen LogP) is 18.1. The number of rotatable bonds is 4. The molecule has 9 heterocycles. The van der Waals surface area contributed by atoms with E-state index in [0.29, 0.717) is 112 Å². The standard InChI is InChI=1S/2C31H37ClF2N3O5.C30H35ClF2N3O5.3V/c1-17-23(16-38)37-15-24(17)41-26-21(12-18-9-10-20(32)13-22(18)35-26)31(33,34)11-7-6-8-19-14-30(19,5)42-28(40)36-25(27(37)39)29(2,3)4;1-5-20-23(16-38)37-15-25(20)41-27-21(12-17-9-10-19(32)14-22(17)35-27)31(33,34)11-7-6-8-18-13-24(18)42-29(40)36-26(28(37)39)30(2,3)4;1-16-22(15-37)36-14-24(16)40-26-20(11-17-8-9-19(31)13-21(17)34-26)30(32,33)10-6-5-7-18-12-23(18)41-28(39)35-25(27(36)38)29(2,3)4;;;/h9-10,12-13,17,19,23-25H,6-8,11,14-15H2,1-5H3,(H,36,40);9-10,12,14,18,20,23-26H,5-8,11,13,15H2,1-4H3,(H,36,40);8-9,11,13,16,18,22-25H,5-7,10,12,14H2,1-4H3,(H,35,39);;;/q3*-1;;;/t17-,19+,23+,24-,25+,30+;18-,20+,23-,24-,25+,26-;16-,18+,22+,23+,24-,25+;;;/m010.../s1. The quantitative estimate of drug-likeness (QED) is 0.0839. The third-order valence-electron chi connectivity index (χ3n) is 26.0. The Balaban J connectivity index is 0.000000198. The van der Waals surface area contributed by atoms with E-state index in [2.05, 4.69) is 30.9 Å². The maximum absolute atomic E-state index is 15.9. The summed E-state index contributed by atoms with van der Waals surface area (Å²) in [6, 6.07) is 12.6. The molecule has 6 amide bonds. The summed E-state index contributed by atoms with van der Waals surface area (Å²) >= 11 is 18.5. The van der Waals surface area contributed by atoms with Crippen molar-refractivity contribution in [3.8, 4) is 17.6 Å². The molecule has 15 rings (SSSR count). The van der Waals surface area contributed by atoms with Gasteiger partial charge in [0.2, 0.25) is 35.4 Å². The Morgan fingerprint density at radius 1 is 0.445 bits per heavy atom. The first-order chi connectivity index (χ1) is 58.7. The van der Waals surface area contributed by atoms with E-state index in [1.165, 1.54) is 32.9 Å². The van der Waals surface area contributed by atoms with Gasteiger partial charge in [-0.15, -0.1) is 0 Å². The number of aromatic nitrogens is 3. The Morgan fingerprint density at radius 3 is 1.10 bits per heavy atom. The second-order valence-corrected chi connectivity index (χ2v) is 39.9. The van der Waals surface area contributed by atoms with Crippen LogP contribution in [0.2, 0.25) is 15.1 Å². The normalized spacial score (nSPS) is 30.2. The third kappa shape index (κ3) is 23.3. The van der Waals surface area contributed by atoms with Crippen molar-refractivity contribution >= 4 is 122 Å². The van der Waals surface area contributed by atoms with E-state index in [9.17, 15) is 43.2 Å². The first kappa shape index (κ1) is 103. The fraction of sp³-hybridized carbons (Fsp3) is 0.609. The third-order valence-corrected chi connectivity index (χ3v) is 26.7. The van der Waals surface area contributed by atoms with Gasteiger partial charge < -0.3 is 73.5 Å². The Bertz CT molecular complexity index is 5110. The molecule has 0 unspecified atom stereocenters. The molecular weight excluding hydrogens is 1840 g/mol. The van der Waals surface area contributed by atoms with Gasteiger partial charge in [0.05, 0.1) is 52.9 Å². The maximum atomic E-state index is 15.9. The molecule has 24 nitrogen and oxygen atoms in total. The number of benzene rings is 3. The van der Waals surface area contributed by atoms with E-state index in [1.54, 1.807) is 131 Å². The topological polar surface area (TPSA) is 293 Å². The summed E-state index contributed by atoms with van der Waals surface area (Å²) in [5.74, 6) is -13.5. The summed E-state index contributed by atoms with van der Waals surface area (Å²) in [6.45, 7) is 23.1. The molecule has 3 saturated carbocycles. The Labute approximate surface area is 792 Å². The molecule has 3 aromatic heterocycles. The van der Waals surface area contributed by atoms with E-state index >= 15 is 26.3 Å². The van der Waals surface area contributed by atoms with Crippen molar-refractivity contribution in [3.63, 3.8) is 0 Å². The fourth-order valence-corrected chi connectivity index (χ4v) is 18.6. The van der Waals surface area contributed by atoms with Gasteiger partial charge in [-0.2, -0.15) is 0 Å². The summed E-state index contributed by atoms with van der Waals surface area (Å²) in [5.41, 5.74) is -2.74. The van der Waals surface area contributed by atoms with Crippen molar-refractivity contribution < 1.29 is 154 Å². The SMILES string of the molecule is CC[C@@H]1[C@@H]2CN(C(=O)[C@H](C(C)(C)C)NC(=O)O[C@@H]3C[C@H]3CCCCC(F)(F)c3cc4ccc(Cl)cc4nc3O2)[C@@H]1[C-]=O.C[C@@H]1[C@@H]2CN(C(=O)[C@H](C(C)(C)C)NC(=O)O[C@@H]3C[C@H]3CCCCC(F)(F)c3cc4ccc(Cl)cc4nc3O2)[C@@H]1[C-]=O.C[C@@H]1[C@@H]2CN(C(=O)[C@H](C(C)(C)C)NC(=O)O[C@]3(C)C[C@H]3CCCCC(F)(F)c3cc4ccc(Cl)cc4nc3O2)[C@@H]1[C-]=O.[V].[V].[V]. The van der Waals surface area contributed by atoms with Crippen LogP contribution >= 0.6 is 34.8 Å². The minimum absolute atomic E-state index is 0. The van der Waals surface area contributed by atoms with Crippen LogP contribution in [0.25, 0.3) is 32.7 Å². The van der Waals surface area contributed by atoms with Gasteiger partial charge in [0.1, 0.15) is 54.2 Å². The first-order valence-electron chi connectivity index (χ1n) is 43.2. The van der Waals surface area contributed by atoms with Gasteiger partial charge in [0.25, 0.3) is 17.8 Å². The van der Waals surface area contributed by atoms with Gasteiger partial charge in [-0.1, -0.05) is 180 Å². The molecule has 6 aromatic rings. The van der Waals surface area contributed by atoms with E-state index < -0.39 is 167 Å². The van der Waals surface area contributed by atoms with Crippen molar-refractivity contribution in [2.75, 3.05) is 19.6 Å². The van der Waals surface area contributed by atoms with Crippen LogP contribution in [-0.2, 0) is 116 Å². The Hall–Kier alpha value is -7.28. The molecule has 3 radical (unpaired) electrons. The van der Waals surface area contributed by atoms with Crippen LogP contribution in [0.1, 0.15) is 209 Å². The summed E-state index contributed by atoms with van der Waals surface area (Å²) in [7, 11) is 0. The van der Waals surface area contributed by atoms with Crippen molar-refractivity contribution in [2.24, 2.45) is 51.8 Å². The number of pyridine rings is 3. The number of carbonyl (C=O) groups is 6. The minimum atomic E-state index is -3.25. The molecule has 693 valence electrons. The number of ether oxygens (including phenoxy) is 6. The number of hydrogen-bond donors (Lipinski definition) is 3. The smallest absolute Gasteiger partial charge is 0.408 e. The molecule has 18 atom stereocenters. The largest absolute Gasteiger partial charge is 0.540 e. The number of alkyl halides is 6. The number of hydrogen-bond acceptors (Lipinski definition) is 18. The summed E-state index contributed by atoms with van der Waals surface area (Å²) in [5, 5.41) is 10.9. The van der Waals surface area contributed by atoms with Gasteiger partial charge in [-0.3, -0.25) is 14.4 Å². The zero-order valence-electron chi connectivity index (χ0n) is 73.7. The molecule has 3 aliphatic carbocycles. The van der Waals surface area contributed by atoms with Crippen molar-refractivity contribution in [3.05, 3.63) is 105 Å². The zero-order chi connectivity index (χ0) is 90.7. The zero-order valence-corrected chi connectivity index (χ0v) is 80.2. The van der Waals surface area contributed by atoms with Crippen LogP contribution in [0.15, 0.2) is 72.8 Å². The molecule has 3 N–H and O–H groups in total.